The number of nitrogens with zero attached hydrogens (tertiary/aromatic N) is 4. The molecule has 3 fully saturated rings. The number of piperidine rings is 2. The van der Waals surface area contributed by atoms with Crippen molar-refractivity contribution >= 4 is 5.65 Å². The minimum absolute atomic E-state index is 0.631. The zero-order valence-corrected chi connectivity index (χ0v) is 22.1. The van der Waals surface area contributed by atoms with E-state index in [0.717, 1.165) is 40.4 Å². The van der Waals surface area contributed by atoms with Crippen molar-refractivity contribution < 1.29 is 9.47 Å². The number of hydrogen-bond donors (Lipinski definition) is 0. The van der Waals surface area contributed by atoms with Gasteiger partial charge in [0.1, 0.15) is 5.65 Å². The van der Waals surface area contributed by atoms with E-state index in [0.29, 0.717) is 5.92 Å². The summed E-state index contributed by atoms with van der Waals surface area (Å²) in [6.07, 6.45) is 12.6. The molecule has 2 aromatic heterocycles. The van der Waals surface area contributed by atoms with Gasteiger partial charge in [-0.2, -0.15) is 0 Å². The highest BCUT2D eigenvalue weighted by Crippen LogP contribution is 2.35. The molecule has 3 aromatic rings. The molecular weight excluding hydrogens is 448 g/mol. The standard InChI is InChI=1S/C30H40N4O2/c1-21-16-25(19-34-20-27(31-30(21)34)24-6-7-28(35-2)29(17-24)36-3)23-8-14-33(15-9-23)26-10-12-32(13-11-26)18-22-4-5-22/h6-7,16-17,19-20,22-23,26H,4-5,8-15,18H2,1-3H3. The molecule has 0 spiro atoms. The van der Waals surface area contributed by atoms with Gasteiger partial charge in [-0.05, 0) is 113 Å². The van der Waals surface area contributed by atoms with Gasteiger partial charge in [0.25, 0.3) is 0 Å². The van der Waals surface area contributed by atoms with Gasteiger partial charge in [-0.3, -0.25) is 0 Å². The summed E-state index contributed by atoms with van der Waals surface area (Å²) in [4.78, 5) is 10.5. The summed E-state index contributed by atoms with van der Waals surface area (Å²) in [5.41, 5.74) is 5.71. The molecule has 1 aromatic carbocycles. The maximum atomic E-state index is 5.50. The second kappa shape index (κ2) is 10.1. The van der Waals surface area contributed by atoms with Crippen molar-refractivity contribution in [3.8, 4) is 22.8 Å². The van der Waals surface area contributed by atoms with Crippen molar-refractivity contribution in [3.05, 3.63) is 47.8 Å². The Bertz CT molecular complexity index is 1200. The van der Waals surface area contributed by atoms with E-state index in [2.05, 4.69) is 39.6 Å². The van der Waals surface area contributed by atoms with E-state index < -0.39 is 0 Å². The minimum Gasteiger partial charge on any atom is -0.493 e. The van der Waals surface area contributed by atoms with Crippen LogP contribution in [0.5, 0.6) is 11.5 Å². The van der Waals surface area contributed by atoms with E-state index in [4.69, 9.17) is 14.5 Å². The number of fused-ring (bicyclic) bond motifs is 1. The lowest BCUT2D eigenvalue weighted by Crippen LogP contribution is -2.47. The predicted molar refractivity (Wildman–Crippen MR) is 144 cm³/mol. The number of rotatable bonds is 7. The van der Waals surface area contributed by atoms with Gasteiger partial charge >= 0.3 is 0 Å². The van der Waals surface area contributed by atoms with Crippen LogP contribution in [0.15, 0.2) is 36.7 Å². The molecule has 1 saturated carbocycles. The third-order valence-electron chi connectivity index (χ3n) is 8.72. The fraction of sp³-hybridized carbons (Fsp3) is 0.567. The molecule has 2 aliphatic heterocycles. The molecule has 0 bridgehead atoms. The second-order valence-electron chi connectivity index (χ2n) is 11.2. The van der Waals surface area contributed by atoms with Crippen molar-refractivity contribution in [1.29, 1.82) is 0 Å². The Hall–Kier alpha value is -2.57. The Labute approximate surface area is 215 Å². The summed E-state index contributed by atoms with van der Waals surface area (Å²) < 4.78 is 13.1. The largest absolute Gasteiger partial charge is 0.493 e. The Balaban J connectivity index is 1.12. The quantitative estimate of drug-likeness (QED) is 0.447. The predicted octanol–water partition coefficient (Wildman–Crippen LogP) is 5.38. The van der Waals surface area contributed by atoms with Gasteiger partial charge in [0.15, 0.2) is 11.5 Å². The summed E-state index contributed by atoms with van der Waals surface area (Å²) in [6, 6.07) is 9.16. The van der Waals surface area contributed by atoms with Crippen molar-refractivity contribution in [1.82, 2.24) is 19.2 Å². The van der Waals surface area contributed by atoms with Crippen LogP contribution < -0.4 is 9.47 Å². The van der Waals surface area contributed by atoms with Crippen molar-refractivity contribution in [2.45, 2.75) is 57.4 Å². The average Bonchev–Trinajstić information content (AvgIpc) is 3.63. The zero-order chi connectivity index (χ0) is 24.6. The van der Waals surface area contributed by atoms with Crippen LogP contribution >= 0.6 is 0 Å². The smallest absolute Gasteiger partial charge is 0.161 e. The molecule has 0 radical (unpaired) electrons. The highest BCUT2D eigenvalue weighted by Gasteiger charge is 2.31. The number of likely N-dealkylation sites (tertiary alicyclic amines) is 2. The van der Waals surface area contributed by atoms with E-state index in [1.165, 1.54) is 82.4 Å². The van der Waals surface area contributed by atoms with Crippen LogP contribution in [0.4, 0.5) is 0 Å². The number of methoxy groups -OCH3 is 2. The molecule has 0 atom stereocenters. The molecule has 2 saturated heterocycles. The lowest BCUT2D eigenvalue weighted by Gasteiger charge is -2.42. The minimum atomic E-state index is 0.631. The fourth-order valence-corrected chi connectivity index (χ4v) is 6.38. The van der Waals surface area contributed by atoms with Crippen LogP contribution in [0.25, 0.3) is 16.9 Å². The molecule has 36 heavy (non-hydrogen) atoms. The highest BCUT2D eigenvalue weighted by molar-refractivity contribution is 5.67. The number of imidazole rings is 1. The Kier molecular flexibility index (Phi) is 6.65. The van der Waals surface area contributed by atoms with Crippen LogP contribution in [-0.2, 0) is 0 Å². The number of benzene rings is 1. The summed E-state index contributed by atoms with van der Waals surface area (Å²) in [5, 5.41) is 0. The number of hydrogen-bond acceptors (Lipinski definition) is 5. The maximum Gasteiger partial charge on any atom is 0.161 e. The molecule has 0 unspecified atom stereocenters. The lowest BCUT2D eigenvalue weighted by molar-refractivity contribution is 0.0855. The molecule has 6 heteroatoms. The number of aromatic nitrogens is 2. The molecule has 0 N–H and O–H groups in total. The Morgan fingerprint density at radius 3 is 2.31 bits per heavy atom. The summed E-state index contributed by atoms with van der Waals surface area (Å²) in [6.45, 7) is 8.62. The molecule has 1 aliphatic carbocycles. The van der Waals surface area contributed by atoms with E-state index in [9.17, 15) is 0 Å². The first-order chi connectivity index (χ1) is 17.6. The summed E-state index contributed by atoms with van der Waals surface area (Å²) >= 11 is 0. The fourth-order valence-electron chi connectivity index (χ4n) is 6.38. The van der Waals surface area contributed by atoms with Gasteiger partial charge in [-0.1, -0.05) is 6.07 Å². The van der Waals surface area contributed by atoms with Gasteiger partial charge in [0, 0.05) is 30.5 Å². The molecule has 3 aliphatic rings. The lowest BCUT2D eigenvalue weighted by atomic mass is 9.88. The average molecular weight is 489 g/mol. The van der Waals surface area contributed by atoms with Crippen LogP contribution in [0.1, 0.15) is 55.6 Å². The number of pyridine rings is 1. The van der Waals surface area contributed by atoms with Gasteiger partial charge in [0.05, 0.1) is 19.9 Å². The normalized spacial score (nSPS) is 20.8. The maximum absolute atomic E-state index is 5.50. The van der Waals surface area contributed by atoms with Crippen LogP contribution in [0.2, 0.25) is 0 Å². The van der Waals surface area contributed by atoms with E-state index in [1.807, 2.05) is 18.2 Å². The molecule has 6 rings (SSSR count). The second-order valence-corrected chi connectivity index (χ2v) is 11.2. The molecule has 6 nitrogen and oxygen atoms in total. The zero-order valence-electron chi connectivity index (χ0n) is 22.1. The van der Waals surface area contributed by atoms with Gasteiger partial charge in [0.2, 0.25) is 0 Å². The van der Waals surface area contributed by atoms with Gasteiger partial charge in [-0.25, -0.2) is 4.98 Å². The summed E-state index contributed by atoms with van der Waals surface area (Å²) in [5.74, 6) is 3.11. The first-order valence-corrected chi connectivity index (χ1v) is 13.8. The molecule has 192 valence electrons. The van der Waals surface area contributed by atoms with Crippen LogP contribution in [0, 0.1) is 12.8 Å². The van der Waals surface area contributed by atoms with Crippen molar-refractivity contribution in [2.75, 3.05) is 46.9 Å². The van der Waals surface area contributed by atoms with Crippen LogP contribution in [-0.4, -0.2) is 72.2 Å². The van der Waals surface area contributed by atoms with Gasteiger partial charge < -0.3 is 23.7 Å². The summed E-state index contributed by atoms with van der Waals surface area (Å²) in [7, 11) is 3.33. The monoisotopic (exact) mass is 488 g/mol. The van der Waals surface area contributed by atoms with E-state index in [1.54, 1.807) is 14.2 Å². The number of ether oxygens (including phenoxy) is 2. The van der Waals surface area contributed by atoms with Crippen molar-refractivity contribution in [2.24, 2.45) is 5.92 Å². The van der Waals surface area contributed by atoms with Crippen molar-refractivity contribution in [3.63, 3.8) is 0 Å². The van der Waals surface area contributed by atoms with E-state index in [-0.39, 0.29) is 0 Å². The Morgan fingerprint density at radius 1 is 0.861 bits per heavy atom. The topological polar surface area (TPSA) is 42.2 Å². The molecule has 0 amide bonds. The molecular formula is C30H40N4O2. The SMILES string of the molecule is COc1ccc(-c2cn3cc(C4CCN(C5CCN(CC6CC6)CC5)CC4)cc(C)c3n2)cc1OC. The number of aryl methyl sites for hydroxylation is 1. The molecule has 4 heterocycles. The first-order valence-electron chi connectivity index (χ1n) is 13.8. The Morgan fingerprint density at radius 2 is 1.61 bits per heavy atom. The van der Waals surface area contributed by atoms with Crippen LogP contribution in [0.3, 0.4) is 0 Å². The first kappa shape index (κ1) is 23.8. The van der Waals surface area contributed by atoms with E-state index >= 15 is 0 Å². The third kappa shape index (κ3) is 4.85. The third-order valence-corrected chi connectivity index (χ3v) is 8.72. The van der Waals surface area contributed by atoms with Gasteiger partial charge in [-0.15, -0.1) is 0 Å². The highest BCUT2D eigenvalue weighted by atomic mass is 16.5.